The number of fused-ring (bicyclic) bond motifs is 1. The first kappa shape index (κ1) is 12.9. The third-order valence-corrected chi connectivity index (χ3v) is 3.91. The quantitative estimate of drug-likeness (QED) is 0.910. The summed E-state index contributed by atoms with van der Waals surface area (Å²) in [6, 6.07) is 7.52. The standard InChI is InChI=1S/C16H18N2O2/c1-10-7-8-14-13(9-10)16(20-18-14)17-15(19)12-6-4-3-5-11(12)2/h3-6,10H,7-9H2,1-2H3,(H,17,19). The van der Waals surface area contributed by atoms with Gasteiger partial charge in [0.05, 0.1) is 5.69 Å². The van der Waals surface area contributed by atoms with Crippen molar-refractivity contribution in [3.63, 3.8) is 0 Å². The Morgan fingerprint density at radius 2 is 2.20 bits per heavy atom. The zero-order valence-electron chi connectivity index (χ0n) is 11.8. The summed E-state index contributed by atoms with van der Waals surface area (Å²) in [7, 11) is 0. The normalized spacial score (nSPS) is 17.6. The molecule has 0 radical (unpaired) electrons. The maximum Gasteiger partial charge on any atom is 0.258 e. The SMILES string of the molecule is Cc1ccccc1C(=O)Nc1onc2c1CC(C)CC2. The molecule has 1 amide bonds. The highest BCUT2D eigenvalue weighted by Crippen LogP contribution is 2.30. The molecule has 1 aromatic carbocycles. The fraction of sp³-hybridized carbons (Fsp3) is 0.375. The Labute approximate surface area is 118 Å². The number of carbonyl (C=O) groups excluding carboxylic acids is 1. The molecule has 1 aliphatic rings. The number of benzene rings is 1. The van der Waals surface area contributed by atoms with E-state index in [9.17, 15) is 4.79 Å². The first-order valence-electron chi connectivity index (χ1n) is 6.99. The summed E-state index contributed by atoms with van der Waals surface area (Å²) in [6.45, 7) is 4.13. The van der Waals surface area contributed by atoms with E-state index in [2.05, 4.69) is 17.4 Å². The van der Waals surface area contributed by atoms with Gasteiger partial charge in [0, 0.05) is 11.1 Å². The molecule has 1 atom stereocenters. The van der Waals surface area contributed by atoms with Gasteiger partial charge in [-0.05, 0) is 43.7 Å². The average Bonchev–Trinajstić information content (AvgIpc) is 2.82. The molecular formula is C16H18N2O2. The van der Waals surface area contributed by atoms with Gasteiger partial charge in [-0.15, -0.1) is 0 Å². The minimum Gasteiger partial charge on any atom is -0.338 e. The molecule has 0 aliphatic heterocycles. The molecule has 0 bridgehead atoms. The maximum absolute atomic E-state index is 12.3. The van der Waals surface area contributed by atoms with Crippen LogP contribution in [-0.4, -0.2) is 11.1 Å². The molecule has 1 heterocycles. The van der Waals surface area contributed by atoms with E-state index < -0.39 is 0 Å². The summed E-state index contributed by atoms with van der Waals surface area (Å²) in [6.07, 6.45) is 2.98. The van der Waals surface area contributed by atoms with Crippen molar-refractivity contribution in [1.82, 2.24) is 5.16 Å². The van der Waals surface area contributed by atoms with E-state index in [1.165, 1.54) is 0 Å². The van der Waals surface area contributed by atoms with Crippen LogP contribution in [0.5, 0.6) is 0 Å². The third-order valence-electron chi connectivity index (χ3n) is 3.91. The van der Waals surface area contributed by atoms with E-state index in [1.54, 1.807) is 0 Å². The Morgan fingerprint density at radius 3 is 3.00 bits per heavy atom. The minimum absolute atomic E-state index is 0.139. The lowest BCUT2D eigenvalue weighted by molar-refractivity contribution is 0.102. The van der Waals surface area contributed by atoms with E-state index in [4.69, 9.17) is 4.52 Å². The van der Waals surface area contributed by atoms with Crippen LogP contribution in [0, 0.1) is 12.8 Å². The number of anilines is 1. The highest BCUT2D eigenvalue weighted by Gasteiger charge is 2.24. The molecular weight excluding hydrogens is 252 g/mol. The fourth-order valence-corrected chi connectivity index (χ4v) is 2.68. The van der Waals surface area contributed by atoms with Crippen LogP contribution in [-0.2, 0) is 12.8 Å². The van der Waals surface area contributed by atoms with Crippen LogP contribution >= 0.6 is 0 Å². The average molecular weight is 270 g/mol. The summed E-state index contributed by atoms with van der Waals surface area (Å²) in [5.41, 5.74) is 3.67. The Bertz CT molecular complexity index is 646. The molecule has 1 N–H and O–H groups in total. The number of hydrogen-bond acceptors (Lipinski definition) is 3. The molecule has 4 heteroatoms. The van der Waals surface area contributed by atoms with Crippen molar-refractivity contribution in [2.45, 2.75) is 33.1 Å². The number of aryl methyl sites for hydroxylation is 2. The number of nitrogens with zero attached hydrogens (tertiary/aromatic N) is 1. The first-order chi connectivity index (χ1) is 9.65. The van der Waals surface area contributed by atoms with Gasteiger partial charge in [0.1, 0.15) is 0 Å². The van der Waals surface area contributed by atoms with Gasteiger partial charge in [-0.3, -0.25) is 10.1 Å². The van der Waals surface area contributed by atoms with E-state index in [0.717, 1.165) is 36.1 Å². The van der Waals surface area contributed by atoms with Crippen molar-refractivity contribution in [3.8, 4) is 0 Å². The Kier molecular flexibility index (Phi) is 3.30. The summed E-state index contributed by atoms with van der Waals surface area (Å²) < 4.78 is 5.32. The van der Waals surface area contributed by atoms with E-state index in [1.807, 2.05) is 31.2 Å². The highest BCUT2D eigenvalue weighted by atomic mass is 16.5. The van der Waals surface area contributed by atoms with E-state index in [0.29, 0.717) is 17.4 Å². The van der Waals surface area contributed by atoms with Gasteiger partial charge in [-0.25, -0.2) is 0 Å². The lowest BCUT2D eigenvalue weighted by Gasteiger charge is -2.16. The zero-order valence-corrected chi connectivity index (χ0v) is 11.8. The van der Waals surface area contributed by atoms with Crippen molar-refractivity contribution < 1.29 is 9.32 Å². The van der Waals surface area contributed by atoms with Gasteiger partial charge < -0.3 is 4.52 Å². The lowest BCUT2D eigenvalue weighted by atomic mass is 9.89. The number of carbonyl (C=O) groups is 1. The summed E-state index contributed by atoms with van der Waals surface area (Å²) >= 11 is 0. The largest absolute Gasteiger partial charge is 0.338 e. The summed E-state index contributed by atoms with van der Waals surface area (Å²) in [4.78, 5) is 12.3. The van der Waals surface area contributed by atoms with Gasteiger partial charge in [0.15, 0.2) is 0 Å². The van der Waals surface area contributed by atoms with Crippen molar-refractivity contribution in [2.75, 3.05) is 5.32 Å². The first-order valence-corrected chi connectivity index (χ1v) is 6.99. The maximum atomic E-state index is 12.3. The van der Waals surface area contributed by atoms with Gasteiger partial charge >= 0.3 is 0 Å². The van der Waals surface area contributed by atoms with Gasteiger partial charge in [-0.1, -0.05) is 30.3 Å². The minimum atomic E-state index is -0.139. The van der Waals surface area contributed by atoms with Gasteiger partial charge in [0.25, 0.3) is 5.91 Å². The Hall–Kier alpha value is -2.10. The molecule has 1 unspecified atom stereocenters. The van der Waals surface area contributed by atoms with Crippen LogP contribution in [0.2, 0.25) is 0 Å². The molecule has 1 aliphatic carbocycles. The van der Waals surface area contributed by atoms with Crippen molar-refractivity contribution >= 4 is 11.8 Å². The second-order valence-corrected chi connectivity index (χ2v) is 5.55. The second kappa shape index (κ2) is 5.12. The lowest BCUT2D eigenvalue weighted by Crippen LogP contribution is -2.16. The topological polar surface area (TPSA) is 55.1 Å². The molecule has 0 fully saturated rings. The van der Waals surface area contributed by atoms with Crippen molar-refractivity contribution in [3.05, 3.63) is 46.6 Å². The van der Waals surface area contributed by atoms with Crippen LogP contribution in [0.25, 0.3) is 0 Å². The third kappa shape index (κ3) is 2.33. The van der Waals surface area contributed by atoms with Crippen molar-refractivity contribution in [2.24, 2.45) is 5.92 Å². The van der Waals surface area contributed by atoms with Gasteiger partial charge in [-0.2, -0.15) is 0 Å². The van der Waals surface area contributed by atoms with Crippen molar-refractivity contribution in [1.29, 1.82) is 0 Å². The van der Waals surface area contributed by atoms with Crippen LogP contribution in [0.15, 0.2) is 28.8 Å². The molecule has 0 saturated heterocycles. The Morgan fingerprint density at radius 1 is 1.40 bits per heavy atom. The smallest absolute Gasteiger partial charge is 0.258 e. The summed E-state index contributed by atoms with van der Waals surface area (Å²) in [5.74, 6) is 0.982. The number of rotatable bonds is 2. The van der Waals surface area contributed by atoms with Crippen LogP contribution in [0.4, 0.5) is 5.88 Å². The molecule has 0 saturated carbocycles. The second-order valence-electron chi connectivity index (χ2n) is 5.55. The zero-order chi connectivity index (χ0) is 14.1. The predicted octanol–water partition coefficient (Wildman–Crippen LogP) is 3.36. The van der Waals surface area contributed by atoms with Gasteiger partial charge in [0.2, 0.25) is 5.88 Å². The molecule has 2 aromatic rings. The monoisotopic (exact) mass is 270 g/mol. The number of hydrogen-bond donors (Lipinski definition) is 1. The van der Waals surface area contributed by atoms with Crippen LogP contribution in [0.1, 0.15) is 40.5 Å². The fourth-order valence-electron chi connectivity index (χ4n) is 2.68. The molecule has 3 rings (SSSR count). The van der Waals surface area contributed by atoms with Crippen LogP contribution < -0.4 is 5.32 Å². The molecule has 1 aromatic heterocycles. The van der Waals surface area contributed by atoms with E-state index >= 15 is 0 Å². The summed E-state index contributed by atoms with van der Waals surface area (Å²) in [5, 5.41) is 6.93. The molecule has 104 valence electrons. The predicted molar refractivity (Wildman–Crippen MR) is 76.8 cm³/mol. The van der Waals surface area contributed by atoms with Crippen LogP contribution in [0.3, 0.4) is 0 Å². The molecule has 20 heavy (non-hydrogen) atoms. The molecule has 0 spiro atoms. The number of amides is 1. The highest BCUT2D eigenvalue weighted by molar-refractivity contribution is 6.04. The van der Waals surface area contributed by atoms with E-state index in [-0.39, 0.29) is 5.91 Å². The number of aromatic nitrogens is 1. The Balaban J connectivity index is 1.84. The number of nitrogens with one attached hydrogen (secondary N) is 1. The molecule has 4 nitrogen and oxygen atoms in total.